The van der Waals surface area contributed by atoms with Crippen LogP contribution in [-0.4, -0.2) is 26.4 Å². The van der Waals surface area contributed by atoms with Gasteiger partial charge in [-0.2, -0.15) is 0 Å². The molecule has 0 saturated heterocycles. The average Bonchev–Trinajstić information content (AvgIpc) is 2.46. The highest BCUT2D eigenvalue weighted by Gasteiger charge is 2.13. The molecule has 0 amide bonds. The van der Waals surface area contributed by atoms with Gasteiger partial charge in [-0.3, -0.25) is 0 Å². The number of anilines is 2. The number of rotatable bonds is 6. The lowest BCUT2D eigenvalue weighted by Gasteiger charge is -2.22. The lowest BCUT2D eigenvalue weighted by atomic mass is 9.98. The second-order valence-corrected chi connectivity index (χ2v) is 5.01. The van der Waals surface area contributed by atoms with E-state index < -0.39 is 0 Å². The first-order valence-corrected chi connectivity index (χ1v) is 7.08. The third-order valence-corrected chi connectivity index (χ3v) is 3.58. The monoisotopic (exact) mass is 264 g/mol. The third kappa shape index (κ3) is 4.31. The first kappa shape index (κ1) is 14.0. The van der Waals surface area contributed by atoms with Crippen molar-refractivity contribution in [3.8, 4) is 5.75 Å². The minimum atomic E-state index is 0.457. The Labute approximate surface area is 115 Å². The quantitative estimate of drug-likeness (QED) is 0.612. The minimum Gasteiger partial charge on any atom is -0.497 e. The summed E-state index contributed by atoms with van der Waals surface area (Å²) in [6.07, 6.45) is 6.85. The van der Waals surface area contributed by atoms with Crippen LogP contribution in [0, 0.1) is 0 Å². The fourth-order valence-electron chi connectivity index (χ4n) is 2.46. The van der Waals surface area contributed by atoms with Crippen molar-refractivity contribution in [1.82, 2.24) is 0 Å². The molecule has 0 radical (unpaired) electrons. The molecular weight excluding hydrogens is 240 g/mol. The lowest BCUT2D eigenvalue weighted by molar-refractivity contribution is 0.0347. The Kier molecular flexibility index (Phi) is 5.33. The largest absolute Gasteiger partial charge is 0.497 e. The number of ether oxygens (including phenoxy) is 2. The molecule has 0 bridgehead atoms. The van der Waals surface area contributed by atoms with Crippen LogP contribution in [-0.2, 0) is 4.74 Å². The molecule has 106 valence electrons. The molecule has 3 N–H and O–H groups in total. The summed E-state index contributed by atoms with van der Waals surface area (Å²) in [5, 5.41) is 3.30. The van der Waals surface area contributed by atoms with Crippen LogP contribution >= 0.6 is 0 Å². The summed E-state index contributed by atoms with van der Waals surface area (Å²) < 4.78 is 11.1. The second-order valence-electron chi connectivity index (χ2n) is 5.01. The molecule has 0 heterocycles. The fraction of sp³-hybridized carbons (Fsp3) is 0.600. The first-order chi connectivity index (χ1) is 9.29. The maximum atomic E-state index is 5.91. The summed E-state index contributed by atoms with van der Waals surface area (Å²) in [5.74, 6) is 0.810. The smallest absolute Gasteiger partial charge is 0.121 e. The SMILES string of the molecule is COc1ccc(N)c(NCCOC2CCCCC2)c1. The number of methoxy groups -OCH3 is 1. The zero-order valence-corrected chi connectivity index (χ0v) is 11.7. The summed E-state index contributed by atoms with van der Waals surface area (Å²) in [6.45, 7) is 1.50. The predicted molar refractivity (Wildman–Crippen MR) is 78.7 cm³/mol. The van der Waals surface area contributed by atoms with Gasteiger partial charge in [0.15, 0.2) is 0 Å². The molecule has 0 spiro atoms. The number of benzene rings is 1. The standard InChI is InChI=1S/C15H24N2O2/c1-18-13-7-8-14(16)15(11-13)17-9-10-19-12-5-3-2-4-6-12/h7-8,11-12,17H,2-6,9-10,16H2,1H3. The van der Waals surface area contributed by atoms with Crippen molar-refractivity contribution in [1.29, 1.82) is 0 Å². The maximum Gasteiger partial charge on any atom is 0.121 e. The van der Waals surface area contributed by atoms with Gasteiger partial charge in [-0.25, -0.2) is 0 Å². The van der Waals surface area contributed by atoms with Gasteiger partial charge in [0.2, 0.25) is 0 Å². The number of nitrogens with two attached hydrogens (primary N) is 1. The number of hydrogen-bond donors (Lipinski definition) is 2. The molecule has 0 aromatic heterocycles. The Balaban J connectivity index is 1.72. The zero-order chi connectivity index (χ0) is 13.5. The van der Waals surface area contributed by atoms with Gasteiger partial charge >= 0.3 is 0 Å². The number of hydrogen-bond acceptors (Lipinski definition) is 4. The van der Waals surface area contributed by atoms with Crippen LogP contribution in [0.1, 0.15) is 32.1 Å². The van der Waals surface area contributed by atoms with E-state index in [1.54, 1.807) is 7.11 Å². The van der Waals surface area contributed by atoms with Gasteiger partial charge in [-0.05, 0) is 25.0 Å². The van der Waals surface area contributed by atoms with Crippen LogP contribution in [0.3, 0.4) is 0 Å². The summed E-state index contributed by atoms with van der Waals surface area (Å²) in [4.78, 5) is 0. The van der Waals surface area contributed by atoms with E-state index in [1.165, 1.54) is 32.1 Å². The van der Waals surface area contributed by atoms with Crippen molar-refractivity contribution >= 4 is 11.4 Å². The first-order valence-electron chi connectivity index (χ1n) is 7.08. The molecule has 0 atom stereocenters. The predicted octanol–water partition coefficient (Wildman–Crippen LogP) is 3.04. The molecule has 1 aliphatic rings. The Morgan fingerprint density at radius 1 is 1.26 bits per heavy atom. The van der Waals surface area contributed by atoms with Crippen molar-refractivity contribution in [3.05, 3.63) is 18.2 Å². The molecule has 2 rings (SSSR count). The van der Waals surface area contributed by atoms with Crippen molar-refractivity contribution in [2.45, 2.75) is 38.2 Å². The Morgan fingerprint density at radius 2 is 2.05 bits per heavy atom. The molecule has 4 heteroatoms. The molecule has 0 aliphatic heterocycles. The van der Waals surface area contributed by atoms with E-state index in [0.29, 0.717) is 6.10 Å². The molecule has 4 nitrogen and oxygen atoms in total. The minimum absolute atomic E-state index is 0.457. The fourth-order valence-corrected chi connectivity index (χ4v) is 2.46. The molecule has 1 aromatic carbocycles. The van der Waals surface area contributed by atoms with Crippen LogP contribution in [0.2, 0.25) is 0 Å². The summed E-state index contributed by atoms with van der Waals surface area (Å²) in [6, 6.07) is 5.62. The van der Waals surface area contributed by atoms with Gasteiger partial charge in [-0.15, -0.1) is 0 Å². The van der Waals surface area contributed by atoms with Crippen LogP contribution in [0.5, 0.6) is 5.75 Å². The Bertz CT molecular complexity index is 390. The van der Waals surface area contributed by atoms with Crippen molar-refractivity contribution in [2.24, 2.45) is 0 Å². The molecular formula is C15H24N2O2. The van der Waals surface area contributed by atoms with Crippen molar-refractivity contribution in [2.75, 3.05) is 31.3 Å². The van der Waals surface area contributed by atoms with E-state index in [-0.39, 0.29) is 0 Å². The van der Waals surface area contributed by atoms with E-state index in [2.05, 4.69) is 5.32 Å². The van der Waals surface area contributed by atoms with E-state index >= 15 is 0 Å². The van der Waals surface area contributed by atoms with Gasteiger partial charge in [0.1, 0.15) is 5.75 Å². The Hall–Kier alpha value is -1.42. The van der Waals surface area contributed by atoms with Crippen LogP contribution < -0.4 is 15.8 Å². The van der Waals surface area contributed by atoms with Crippen LogP contribution in [0.25, 0.3) is 0 Å². The summed E-state index contributed by atoms with van der Waals surface area (Å²) in [7, 11) is 1.65. The van der Waals surface area contributed by atoms with E-state index in [9.17, 15) is 0 Å². The van der Waals surface area contributed by atoms with E-state index in [0.717, 1.165) is 30.3 Å². The topological polar surface area (TPSA) is 56.5 Å². The molecule has 1 fully saturated rings. The van der Waals surface area contributed by atoms with Gasteiger partial charge in [0, 0.05) is 12.6 Å². The van der Waals surface area contributed by atoms with Crippen LogP contribution in [0.15, 0.2) is 18.2 Å². The molecule has 1 saturated carbocycles. The molecule has 1 aliphatic carbocycles. The Morgan fingerprint density at radius 3 is 2.79 bits per heavy atom. The zero-order valence-electron chi connectivity index (χ0n) is 11.7. The molecule has 0 unspecified atom stereocenters. The highest BCUT2D eigenvalue weighted by molar-refractivity contribution is 5.68. The number of nitrogens with one attached hydrogen (secondary N) is 1. The normalized spacial score (nSPS) is 16.3. The number of nitrogen functional groups attached to an aromatic ring is 1. The van der Waals surface area contributed by atoms with Crippen molar-refractivity contribution in [3.63, 3.8) is 0 Å². The van der Waals surface area contributed by atoms with Gasteiger partial charge < -0.3 is 20.5 Å². The van der Waals surface area contributed by atoms with Gasteiger partial charge in [0.25, 0.3) is 0 Å². The second kappa shape index (κ2) is 7.24. The molecule has 1 aromatic rings. The summed E-state index contributed by atoms with van der Waals surface area (Å²) >= 11 is 0. The van der Waals surface area contributed by atoms with Crippen molar-refractivity contribution < 1.29 is 9.47 Å². The lowest BCUT2D eigenvalue weighted by Crippen LogP contribution is -2.20. The summed E-state index contributed by atoms with van der Waals surface area (Å²) in [5.41, 5.74) is 7.55. The maximum absolute atomic E-state index is 5.91. The molecule has 19 heavy (non-hydrogen) atoms. The third-order valence-electron chi connectivity index (χ3n) is 3.58. The highest BCUT2D eigenvalue weighted by Crippen LogP contribution is 2.24. The van der Waals surface area contributed by atoms with E-state index in [4.69, 9.17) is 15.2 Å². The average molecular weight is 264 g/mol. The van der Waals surface area contributed by atoms with Crippen LogP contribution in [0.4, 0.5) is 11.4 Å². The van der Waals surface area contributed by atoms with Gasteiger partial charge in [0.05, 0.1) is 31.2 Å². The highest BCUT2D eigenvalue weighted by atomic mass is 16.5. The van der Waals surface area contributed by atoms with Gasteiger partial charge in [-0.1, -0.05) is 19.3 Å². The van der Waals surface area contributed by atoms with E-state index in [1.807, 2.05) is 18.2 Å².